The molecule has 3 aromatic carbocycles. The molecule has 0 heterocycles. The average molecular weight is 305 g/mol. The van der Waals surface area contributed by atoms with Crippen molar-refractivity contribution in [2.45, 2.75) is 0 Å². The van der Waals surface area contributed by atoms with Crippen molar-refractivity contribution in [3.05, 3.63) is 91.0 Å². The van der Waals surface area contributed by atoms with Gasteiger partial charge in [0.2, 0.25) is 0 Å². The summed E-state index contributed by atoms with van der Waals surface area (Å²) < 4.78 is 0. The van der Waals surface area contributed by atoms with Gasteiger partial charge in [-0.25, -0.2) is 0 Å². The zero-order valence-corrected chi connectivity index (χ0v) is 13.6. The zero-order chi connectivity index (χ0) is 15.5. The van der Waals surface area contributed by atoms with Gasteiger partial charge in [0, 0.05) is 0 Å². The summed E-state index contributed by atoms with van der Waals surface area (Å²) in [5.41, 5.74) is 0. The van der Waals surface area contributed by atoms with Gasteiger partial charge in [-0.1, -0.05) is 0 Å². The molecule has 0 spiro atoms. The Morgan fingerprint density at radius 2 is 0.864 bits per heavy atom. The van der Waals surface area contributed by atoms with Crippen LogP contribution in [-0.2, 0) is 0 Å². The SMILES string of the molecule is CP(C=N)(c1ccccc1)(c1ccccc1)c1ccccc1. The molecule has 0 aromatic heterocycles. The van der Waals surface area contributed by atoms with Crippen LogP contribution in [0.5, 0.6) is 0 Å². The van der Waals surface area contributed by atoms with Gasteiger partial charge in [0.05, 0.1) is 0 Å². The molecule has 3 rings (SSSR count). The Hall–Kier alpha value is -2.24. The van der Waals surface area contributed by atoms with E-state index < -0.39 is 6.60 Å². The Bertz CT molecular complexity index is 667. The standard InChI is InChI=1S/C20H20NP/c1-22(17-21,18-11-5-2-6-12-18,19-13-7-3-8-14-19)20-15-9-4-10-16-20/h2-17,21H,1H3. The molecule has 0 bridgehead atoms. The first-order valence-corrected chi connectivity index (χ1v) is 10.1. The number of nitrogens with one attached hydrogen (secondary N) is 1. The van der Waals surface area contributed by atoms with Gasteiger partial charge in [-0.3, -0.25) is 0 Å². The molecule has 22 heavy (non-hydrogen) atoms. The average Bonchev–Trinajstić information content (AvgIpc) is 2.63. The Morgan fingerprint density at radius 1 is 0.591 bits per heavy atom. The quantitative estimate of drug-likeness (QED) is 0.561. The maximum atomic E-state index is 8.45. The van der Waals surface area contributed by atoms with Crippen LogP contribution < -0.4 is 15.9 Å². The van der Waals surface area contributed by atoms with Crippen molar-refractivity contribution < 1.29 is 0 Å². The second-order valence-electron chi connectivity index (χ2n) is 5.79. The van der Waals surface area contributed by atoms with Gasteiger partial charge in [-0.15, -0.1) is 0 Å². The Balaban J connectivity index is 2.44. The van der Waals surface area contributed by atoms with E-state index in [4.69, 9.17) is 5.41 Å². The fourth-order valence-corrected chi connectivity index (χ4v) is 7.27. The molecule has 1 nitrogen and oxygen atoms in total. The summed E-state index contributed by atoms with van der Waals surface area (Å²) >= 11 is 0. The van der Waals surface area contributed by atoms with Gasteiger partial charge in [0.25, 0.3) is 0 Å². The third-order valence-corrected chi connectivity index (χ3v) is 10.1. The first-order chi connectivity index (χ1) is 10.7. The first-order valence-electron chi connectivity index (χ1n) is 7.40. The molecule has 110 valence electrons. The third-order valence-electron chi connectivity index (χ3n) is 4.59. The minimum atomic E-state index is -2.86. The van der Waals surface area contributed by atoms with E-state index in [1.54, 1.807) is 5.96 Å². The van der Waals surface area contributed by atoms with Crippen molar-refractivity contribution >= 4 is 28.5 Å². The molecular weight excluding hydrogens is 285 g/mol. The summed E-state index contributed by atoms with van der Waals surface area (Å²) in [6.07, 6.45) is 0. The van der Waals surface area contributed by atoms with E-state index in [-0.39, 0.29) is 0 Å². The maximum absolute atomic E-state index is 8.45. The number of benzene rings is 3. The van der Waals surface area contributed by atoms with Crippen molar-refractivity contribution in [2.24, 2.45) is 0 Å². The van der Waals surface area contributed by atoms with Crippen molar-refractivity contribution in [3.8, 4) is 0 Å². The van der Waals surface area contributed by atoms with Crippen LogP contribution in [0, 0.1) is 5.41 Å². The van der Waals surface area contributed by atoms with Gasteiger partial charge in [-0.2, -0.15) is 0 Å². The third kappa shape index (κ3) is 2.01. The summed E-state index contributed by atoms with van der Waals surface area (Å²) in [5.74, 6) is 1.70. The summed E-state index contributed by atoms with van der Waals surface area (Å²) in [4.78, 5) is 0. The molecule has 1 N–H and O–H groups in total. The van der Waals surface area contributed by atoms with Gasteiger partial charge >= 0.3 is 132 Å². The summed E-state index contributed by atoms with van der Waals surface area (Å²) in [5, 5.41) is 12.1. The fourth-order valence-electron chi connectivity index (χ4n) is 3.11. The molecule has 2 heteroatoms. The van der Waals surface area contributed by atoms with Gasteiger partial charge in [0.1, 0.15) is 0 Å². The molecule has 0 unspecified atom stereocenters. The molecule has 0 saturated heterocycles. The zero-order valence-electron chi connectivity index (χ0n) is 12.7. The van der Waals surface area contributed by atoms with Crippen LogP contribution in [0.1, 0.15) is 0 Å². The van der Waals surface area contributed by atoms with E-state index in [1.165, 1.54) is 15.9 Å². The molecule has 0 amide bonds. The van der Waals surface area contributed by atoms with E-state index in [1.807, 2.05) is 18.2 Å². The predicted molar refractivity (Wildman–Crippen MR) is 99.9 cm³/mol. The van der Waals surface area contributed by atoms with Crippen molar-refractivity contribution in [2.75, 3.05) is 6.66 Å². The van der Waals surface area contributed by atoms with Crippen LogP contribution >= 0.6 is 6.60 Å². The molecule has 0 aliphatic heterocycles. The molecule has 0 atom stereocenters. The van der Waals surface area contributed by atoms with E-state index in [9.17, 15) is 0 Å². The summed E-state index contributed by atoms with van der Waals surface area (Å²) in [7, 11) is 0. The number of hydrogen-bond acceptors (Lipinski definition) is 1. The Morgan fingerprint density at radius 3 is 1.09 bits per heavy atom. The second kappa shape index (κ2) is 5.51. The topological polar surface area (TPSA) is 23.9 Å². The van der Waals surface area contributed by atoms with Crippen LogP contribution in [0.3, 0.4) is 0 Å². The minimum absolute atomic E-state index is 1.22. The van der Waals surface area contributed by atoms with Crippen LogP contribution in [0.25, 0.3) is 0 Å². The van der Waals surface area contributed by atoms with E-state index in [0.717, 1.165) is 0 Å². The first kappa shape index (κ1) is 14.7. The van der Waals surface area contributed by atoms with E-state index >= 15 is 0 Å². The fraction of sp³-hybridized carbons (Fsp3) is 0.0500. The molecule has 0 aliphatic rings. The van der Waals surface area contributed by atoms with E-state index in [2.05, 4.69) is 79.5 Å². The van der Waals surface area contributed by atoms with Crippen LogP contribution in [0.2, 0.25) is 0 Å². The summed E-state index contributed by atoms with van der Waals surface area (Å²) in [6, 6.07) is 31.4. The molecular formula is C20H20NP. The molecule has 0 radical (unpaired) electrons. The number of hydrogen-bond donors (Lipinski definition) is 1. The normalized spacial score (nSPS) is 13.0. The monoisotopic (exact) mass is 305 g/mol. The molecule has 0 saturated carbocycles. The van der Waals surface area contributed by atoms with Gasteiger partial charge < -0.3 is 0 Å². The van der Waals surface area contributed by atoms with Crippen molar-refractivity contribution in [1.29, 1.82) is 5.41 Å². The summed E-state index contributed by atoms with van der Waals surface area (Å²) in [6.45, 7) is -0.596. The number of rotatable bonds is 4. The van der Waals surface area contributed by atoms with Gasteiger partial charge in [0.15, 0.2) is 0 Å². The molecule has 0 fully saturated rings. The molecule has 0 aliphatic carbocycles. The Labute approximate surface area is 132 Å². The van der Waals surface area contributed by atoms with E-state index in [0.29, 0.717) is 0 Å². The van der Waals surface area contributed by atoms with Crippen molar-refractivity contribution in [1.82, 2.24) is 0 Å². The van der Waals surface area contributed by atoms with Crippen molar-refractivity contribution in [3.63, 3.8) is 0 Å². The Kier molecular flexibility index (Phi) is 3.68. The van der Waals surface area contributed by atoms with Crippen LogP contribution in [0.15, 0.2) is 91.0 Å². The second-order valence-corrected chi connectivity index (χ2v) is 10.9. The van der Waals surface area contributed by atoms with Gasteiger partial charge in [-0.05, 0) is 0 Å². The van der Waals surface area contributed by atoms with Crippen LogP contribution in [-0.4, -0.2) is 12.6 Å². The molecule has 3 aromatic rings. The van der Waals surface area contributed by atoms with Crippen LogP contribution in [0.4, 0.5) is 0 Å². The predicted octanol–water partition coefficient (Wildman–Crippen LogP) is 3.75.